The number of benzene rings is 1. The minimum Gasteiger partial charge on any atom is -0.289 e. The van der Waals surface area contributed by atoms with E-state index in [4.69, 9.17) is 11.6 Å². The summed E-state index contributed by atoms with van der Waals surface area (Å²) in [6, 6.07) is 7.00. The van der Waals surface area contributed by atoms with Gasteiger partial charge in [-0.25, -0.2) is 0 Å². The summed E-state index contributed by atoms with van der Waals surface area (Å²) >= 11 is 6.32. The van der Waals surface area contributed by atoms with Gasteiger partial charge < -0.3 is 0 Å². The number of carbonyl (C=O) groups is 2. The lowest BCUT2D eigenvalue weighted by Gasteiger charge is -2.38. The standard InChI is InChI=1S/C20H23ClO2/c1-20(2,3)13-10-8-12(9-11-13)16-17(21)19(23)15-7-5-4-6-14(15)18(16)22/h4-7,12-13H,8-11H2,1-3H3/t12-,13-. The second-order valence-electron chi connectivity index (χ2n) is 7.85. The van der Waals surface area contributed by atoms with E-state index in [-0.39, 0.29) is 22.5 Å². The van der Waals surface area contributed by atoms with Crippen molar-refractivity contribution in [2.24, 2.45) is 17.3 Å². The number of hydrogen-bond donors (Lipinski definition) is 0. The molecule has 2 nitrogen and oxygen atoms in total. The molecule has 0 unspecified atom stereocenters. The average molecular weight is 331 g/mol. The fourth-order valence-corrected chi connectivity index (χ4v) is 4.32. The summed E-state index contributed by atoms with van der Waals surface area (Å²) in [6.45, 7) is 6.82. The van der Waals surface area contributed by atoms with Crippen LogP contribution >= 0.6 is 11.6 Å². The third-order valence-corrected chi connectivity index (χ3v) is 5.83. The number of Topliss-reactive ketones (excluding diaryl/α,β-unsaturated/α-hetero) is 2. The summed E-state index contributed by atoms with van der Waals surface area (Å²) in [5.41, 5.74) is 1.80. The van der Waals surface area contributed by atoms with Crippen LogP contribution < -0.4 is 0 Å². The summed E-state index contributed by atoms with van der Waals surface area (Å²) in [4.78, 5) is 25.4. The zero-order chi connectivity index (χ0) is 16.8. The number of halogens is 1. The van der Waals surface area contributed by atoms with Crippen molar-refractivity contribution in [3.8, 4) is 0 Å². The number of carbonyl (C=O) groups excluding carboxylic acids is 2. The maximum atomic E-state index is 12.9. The molecular formula is C20H23ClO2. The van der Waals surface area contributed by atoms with Crippen LogP contribution in [0.2, 0.25) is 0 Å². The third kappa shape index (κ3) is 2.89. The molecule has 0 amide bonds. The molecule has 1 aromatic carbocycles. The van der Waals surface area contributed by atoms with Gasteiger partial charge in [0.1, 0.15) is 0 Å². The highest BCUT2D eigenvalue weighted by molar-refractivity contribution is 6.50. The Labute approximate surface area is 142 Å². The Morgan fingerprint density at radius 1 is 0.913 bits per heavy atom. The molecule has 122 valence electrons. The zero-order valence-corrected chi connectivity index (χ0v) is 14.7. The molecule has 0 radical (unpaired) electrons. The number of allylic oxidation sites excluding steroid dienone is 2. The van der Waals surface area contributed by atoms with Crippen LogP contribution in [0.3, 0.4) is 0 Å². The maximum absolute atomic E-state index is 12.9. The molecule has 3 heteroatoms. The molecule has 2 aliphatic carbocycles. The smallest absolute Gasteiger partial charge is 0.205 e. The van der Waals surface area contributed by atoms with Gasteiger partial charge in [-0.05, 0) is 42.9 Å². The van der Waals surface area contributed by atoms with Gasteiger partial charge in [-0.3, -0.25) is 9.59 Å². The lowest BCUT2D eigenvalue weighted by atomic mass is 9.67. The zero-order valence-electron chi connectivity index (χ0n) is 14.0. The van der Waals surface area contributed by atoms with Crippen LogP contribution in [0.25, 0.3) is 0 Å². The summed E-state index contributed by atoms with van der Waals surface area (Å²) in [7, 11) is 0. The molecule has 0 saturated heterocycles. The Kier molecular flexibility index (Phi) is 4.22. The van der Waals surface area contributed by atoms with Crippen molar-refractivity contribution in [1.82, 2.24) is 0 Å². The summed E-state index contributed by atoms with van der Waals surface area (Å²) in [5, 5.41) is 0.146. The molecule has 0 bridgehead atoms. The van der Waals surface area contributed by atoms with Gasteiger partial charge in [0.25, 0.3) is 0 Å². The van der Waals surface area contributed by atoms with E-state index < -0.39 is 0 Å². The lowest BCUT2D eigenvalue weighted by Crippen LogP contribution is -2.30. The maximum Gasteiger partial charge on any atom is 0.205 e. The second-order valence-corrected chi connectivity index (χ2v) is 8.22. The van der Waals surface area contributed by atoms with Crippen LogP contribution in [0, 0.1) is 17.3 Å². The van der Waals surface area contributed by atoms with E-state index in [1.807, 2.05) is 0 Å². The largest absolute Gasteiger partial charge is 0.289 e. The van der Waals surface area contributed by atoms with Crippen LogP contribution in [0.1, 0.15) is 67.2 Å². The van der Waals surface area contributed by atoms with Crippen LogP contribution in [0.5, 0.6) is 0 Å². The number of ketones is 2. The first-order valence-electron chi connectivity index (χ1n) is 8.38. The molecule has 0 aromatic heterocycles. The Bertz CT molecular complexity index is 686. The highest BCUT2D eigenvalue weighted by Gasteiger charge is 2.38. The first-order valence-corrected chi connectivity index (χ1v) is 8.76. The van der Waals surface area contributed by atoms with Crippen molar-refractivity contribution in [3.63, 3.8) is 0 Å². The molecule has 2 aliphatic rings. The normalized spacial score (nSPS) is 25.6. The van der Waals surface area contributed by atoms with Crippen molar-refractivity contribution < 1.29 is 9.59 Å². The molecule has 0 aliphatic heterocycles. The topological polar surface area (TPSA) is 34.1 Å². The highest BCUT2D eigenvalue weighted by atomic mass is 35.5. The SMILES string of the molecule is CC(C)(C)[C@H]1CC[C@H](C2=C(Cl)C(=O)c3ccccc3C2=O)CC1. The predicted molar refractivity (Wildman–Crippen MR) is 92.9 cm³/mol. The summed E-state index contributed by atoms with van der Waals surface area (Å²) in [6.07, 6.45) is 4.05. The molecule has 0 heterocycles. The average Bonchev–Trinajstić information content (AvgIpc) is 2.53. The van der Waals surface area contributed by atoms with E-state index in [0.717, 1.165) is 25.7 Å². The number of hydrogen-bond acceptors (Lipinski definition) is 2. The number of fused-ring (bicyclic) bond motifs is 1. The van der Waals surface area contributed by atoms with Gasteiger partial charge in [0.15, 0.2) is 5.78 Å². The first kappa shape index (κ1) is 16.4. The first-order chi connectivity index (χ1) is 10.8. The molecule has 1 fully saturated rings. The third-order valence-electron chi connectivity index (χ3n) is 5.46. The monoisotopic (exact) mass is 330 g/mol. The van der Waals surface area contributed by atoms with E-state index in [9.17, 15) is 9.59 Å². The Morgan fingerprint density at radius 3 is 1.96 bits per heavy atom. The van der Waals surface area contributed by atoms with E-state index in [2.05, 4.69) is 20.8 Å². The Morgan fingerprint density at radius 2 is 1.43 bits per heavy atom. The molecule has 0 spiro atoms. The fourth-order valence-electron chi connectivity index (χ4n) is 3.98. The van der Waals surface area contributed by atoms with Crippen LogP contribution in [-0.4, -0.2) is 11.6 Å². The molecule has 1 aromatic rings. The second kappa shape index (κ2) is 5.90. The van der Waals surface area contributed by atoms with Crippen molar-refractivity contribution in [2.75, 3.05) is 0 Å². The van der Waals surface area contributed by atoms with E-state index in [1.165, 1.54) is 0 Å². The van der Waals surface area contributed by atoms with Crippen LogP contribution in [0.4, 0.5) is 0 Å². The molecular weight excluding hydrogens is 308 g/mol. The molecule has 23 heavy (non-hydrogen) atoms. The van der Waals surface area contributed by atoms with Crippen molar-refractivity contribution in [3.05, 3.63) is 46.0 Å². The van der Waals surface area contributed by atoms with Gasteiger partial charge in [0.2, 0.25) is 5.78 Å². The Hall–Kier alpha value is -1.41. The van der Waals surface area contributed by atoms with Gasteiger partial charge in [-0.1, -0.05) is 56.6 Å². The fraction of sp³-hybridized carbons (Fsp3) is 0.500. The van der Waals surface area contributed by atoms with Gasteiger partial charge in [0.05, 0.1) is 5.03 Å². The summed E-state index contributed by atoms with van der Waals surface area (Å²) in [5.74, 6) is 0.532. The van der Waals surface area contributed by atoms with Gasteiger partial charge in [-0.15, -0.1) is 0 Å². The lowest BCUT2D eigenvalue weighted by molar-refractivity contribution is 0.0955. The number of rotatable bonds is 1. The van der Waals surface area contributed by atoms with Gasteiger partial charge in [0, 0.05) is 16.7 Å². The minimum atomic E-state index is -0.199. The van der Waals surface area contributed by atoms with Gasteiger partial charge in [-0.2, -0.15) is 0 Å². The molecule has 0 atom stereocenters. The summed E-state index contributed by atoms with van der Waals surface area (Å²) < 4.78 is 0. The quantitative estimate of drug-likeness (QED) is 0.689. The van der Waals surface area contributed by atoms with Crippen molar-refractivity contribution in [1.29, 1.82) is 0 Å². The van der Waals surface area contributed by atoms with Gasteiger partial charge >= 0.3 is 0 Å². The van der Waals surface area contributed by atoms with E-state index in [1.54, 1.807) is 24.3 Å². The molecule has 3 rings (SSSR count). The van der Waals surface area contributed by atoms with E-state index >= 15 is 0 Å². The van der Waals surface area contributed by atoms with Crippen LogP contribution in [0.15, 0.2) is 34.9 Å². The molecule has 0 N–H and O–H groups in total. The predicted octanol–water partition coefficient (Wildman–Crippen LogP) is 5.41. The Balaban J connectivity index is 1.88. The van der Waals surface area contributed by atoms with Crippen LogP contribution in [-0.2, 0) is 0 Å². The molecule has 1 saturated carbocycles. The highest BCUT2D eigenvalue weighted by Crippen LogP contribution is 2.44. The van der Waals surface area contributed by atoms with Crippen molar-refractivity contribution in [2.45, 2.75) is 46.5 Å². The van der Waals surface area contributed by atoms with Crippen molar-refractivity contribution >= 4 is 23.2 Å². The minimum absolute atomic E-state index is 0.0515. The van der Waals surface area contributed by atoms with E-state index in [0.29, 0.717) is 28.0 Å².